The Hall–Kier alpha value is -2.04. The summed E-state index contributed by atoms with van der Waals surface area (Å²) in [4.78, 5) is 25.4. The van der Waals surface area contributed by atoms with Crippen LogP contribution in [-0.2, 0) is 11.2 Å². The number of aryl methyl sites for hydroxylation is 3. The lowest BCUT2D eigenvalue weighted by Crippen LogP contribution is -2.50. The van der Waals surface area contributed by atoms with Crippen molar-refractivity contribution in [3.05, 3.63) is 34.9 Å². The predicted octanol–water partition coefficient (Wildman–Crippen LogP) is 2.29. The Balaban J connectivity index is 1.93. The number of carbonyl (C=O) groups is 2. The molecule has 1 aliphatic heterocycles. The summed E-state index contributed by atoms with van der Waals surface area (Å²) in [7, 11) is 0. The zero-order valence-corrected chi connectivity index (χ0v) is 14.1. The number of piperidine rings is 1. The number of likely N-dealkylation sites (tertiary alicyclic amines) is 1. The number of nitrogens with zero attached hydrogens (tertiary/aromatic N) is 1. The lowest BCUT2D eigenvalue weighted by atomic mass is 9.99. The lowest BCUT2D eigenvalue weighted by molar-refractivity contribution is -0.134. The molecule has 23 heavy (non-hydrogen) atoms. The van der Waals surface area contributed by atoms with E-state index in [0.29, 0.717) is 13.0 Å². The molecule has 3 N–H and O–H groups in total. The van der Waals surface area contributed by atoms with Crippen LogP contribution in [0.4, 0.5) is 4.79 Å². The number of carbonyl (C=O) groups excluding carboxylic acids is 2. The van der Waals surface area contributed by atoms with Crippen LogP contribution in [0.15, 0.2) is 18.2 Å². The Morgan fingerprint density at radius 1 is 1.30 bits per heavy atom. The van der Waals surface area contributed by atoms with E-state index in [1.54, 1.807) is 0 Å². The average Bonchev–Trinajstić information content (AvgIpc) is 2.52. The van der Waals surface area contributed by atoms with Gasteiger partial charge in [-0.3, -0.25) is 4.79 Å². The highest BCUT2D eigenvalue weighted by Gasteiger charge is 2.26. The van der Waals surface area contributed by atoms with Crippen molar-refractivity contribution >= 4 is 11.9 Å². The molecule has 0 bridgehead atoms. The minimum absolute atomic E-state index is 0.0721. The molecule has 5 nitrogen and oxygen atoms in total. The highest BCUT2D eigenvalue weighted by atomic mass is 16.2. The van der Waals surface area contributed by atoms with Crippen molar-refractivity contribution in [2.45, 2.75) is 52.0 Å². The van der Waals surface area contributed by atoms with Crippen LogP contribution in [0.1, 0.15) is 42.4 Å². The van der Waals surface area contributed by atoms with E-state index in [9.17, 15) is 9.59 Å². The summed E-state index contributed by atoms with van der Waals surface area (Å²) in [5.74, 6) is 0.168. The van der Waals surface area contributed by atoms with E-state index in [0.717, 1.165) is 32.2 Å². The van der Waals surface area contributed by atoms with Crippen molar-refractivity contribution in [1.29, 1.82) is 0 Å². The van der Waals surface area contributed by atoms with E-state index in [4.69, 9.17) is 5.73 Å². The molecule has 1 aliphatic rings. The van der Waals surface area contributed by atoms with Crippen LogP contribution in [0.25, 0.3) is 0 Å². The lowest BCUT2D eigenvalue weighted by Gasteiger charge is -2.36. The summed E-state index contributed by atoms with van der Waals surface area (Å²) >= 11 is 0. The maximum Gasteiger partial charge on any atom is 0.312 e. The summed E-state index contributed by atoms with van der Waals surface area (Å²) in [6, 6.07) is 5.90. The molecule has 1 atom stereocenters. The van der Waals surface area contributed by atoms with Crippen LogP contribution in [0.2, 0.25) is 0 Å². The van der Waals surface area contributed by atoms with Gasteiger partial charge in [-0.05, 0) is 50.7 Å². The molecule has 2 rings (SSSR count). The van der Waals surface area contributed by atoms with Gasteiger partial charge < -0.3 is 16.0 Å². The van der Waals surface area contributed by atoms with Crippen molar-refractivity contribution in [3.63, 3.8) is 0 Å². The van der Waals surface area contributed by atoms with Crippen molar-refractivity contribution in [2.75, 3.05) is 13.1 Å². The molecule has 0 spiro atoms. The smallest absolute Gasteiger partial charge is 0.312 e. The van der Waals surface area contributed by atoms with Gasteiger partial charge >= 0.3 is 6.03 Å². The molecule has 3 amide bonds. The summed E-state index contributed by atoms with van der Waals surface area (Å²) in [5, 5.41) is 2.63. The molecule has 126 valence electrons. The summed E-state index contributed by atoms with van der Waals surface area (Å²) in [6.45, 7) is 5.39. The van der Waals surface area contributed by atoms with Gasteiger partial charge in [0.25, 0.3) is 0 Å². The van der Waals surface area contributed by atoms with Crippen molar-refractivity contribution < 1.29 is 9.59 Å². The molecule has 0 radical (unpaired) electrons. The molecule has 1 aromatic rings. The molecular formula is C18H27N3O2. The third-order valence-corrected chi connectivity index (χ3v) is 4.57. The second-order valence-electron chi connectivity index (χ2n) is 6.41. The molecule has 0 aromatic heterocycles. The van der Waals surface area contributed by atoms with E-state index in [2.05, 4.69) is 37.4 Å². The normalized spacial score (nSPS) is 17.8. The number of nitrogens with two attached hydrogens (primary N) is 1. The highest BCUT2D eigenvalue weighted by molar-refractivity contribution is 5.77. The van der Waals surface area contributed by atoms with Gasteiger partial charge in [0, 0.05) is 25.6 Å². The average molecular weight is 317 g/mol. The van der Waals surface area contributed by atoms with Gasteiger partial charge in [0.15, 0.2) is 0 Å². The molecule has 5 heteroatoms. The molecule has 0 saturated carbocycles. The first-order valence-corrected chi connectivity index (χ1v) is 8.36. The van der Waals surface area contributed by atoms with Gasteiger partial charge in [0.05, 0.1) is 0 Å². The number of nitrogens with one attached hydrogen (secondary N) is 1. The number of benzene rings is 1. The van der Waals surface area contributed by atoms with Crippen molar-refractivity contribution in [1.82, 2.24) is 10.2 Å². The van der Waals surface area contributed by atoms with Gasteiger partial charge in [-0.25, -0.2) is 4.79 Å². The summed E-state index contributed by atoms with van der Waals surface area (Å²) in [5.41, 5.74) is 8.85. The quantitative estimate of drug-likeness (QED) is 0.874. The van der Waals surface area contributed by atoms with Crippen LogP contribution in [0, 0.1) is 13.8 Å². The first-order valence-electron chi connectivity index (χ1n) is 8.36. The Morgan fingerprint density at radius 3 is 2.78 bits per heavy atom. The fourth-order valence-corrected chi connectivity index (χ4v) is 3.27. The molecule has 0 aliphatic carbocycles. The van der Waals surface area contributed by atoms with Gasteiger partial charge in [-0.1, -0.05) is 23.8 Å². The SMILES string of the molecule is Cc1ccc(CCC(=O)N2CCCC[C@H]2CNC(N)=O)c(C)c1. The number of rotatable bonds is 5. The maximum absolute atomic E-state index is 12.6. The number of urea groups is 1. The molecule has 0 unspecified atom stereocenters. The number of hydrogen-bond acceptors (Lipinski definition) is 2. The van der Waals surface area contributed by atoms with E-state index in [1.165, 1.54) is 16.7 Å². The number of primary amides is 1. The minimum atomic E-state index is -0.529. The van der Waals surface area contributed by atoms with Crippen LogP contribution in [-0.4, -0.2) is 36.0 Å². The Bertz CT molecular complexity index is 571. The van der Waals surface area contributed by atoms with Crippen LogP contribution in [0.3, 0.4) is 0 Å². The first-order chi connectivity index (χ1) is 11.0. The van der Waals surface area contributed by atoms with Gasteiger partial charge in [0.1, 0.15) is 0 Å². The Labute approximate surface area is 138 Å². The van der Waals surface area contributed by atoms with E-state index in [-0.39, 0.29) is 11.9 Å². The van der Waals surface area contributed by atoms with Crippen molar-refractivity contribution in [3.8, 4) is 0 Å². The fraction of sp³-hybridized carbons (Fsp3) is 0.556. The maximum atomic E-state index is 12.6. The second-order valence-corrected chi connectivity index (χ2v) is 6.41. The number of amides is 3. The first kappa shape index (κ1) is 17.3. The molecule has 1 fully saturated rings. The third kappa shape index (κ3) is 4.98. The minimum Gasteiger partial charge on any atom is -0.352 e. The van der Waals surface area contributed by atoms with E-state index in [1.807, 2.05) is 4.90 Å². The predicted molar refractivity (Wildman–Crippen MR) is 91.2 cm³/mol. The van der Waals surface area contributed by atoms with Gasteiger partial charge in [-0.15, -0.1) is 0 Å². The third-order valence-electron chi connectivity index (χ3n) is 4.57. The van der Waals surface area contributed by atoms with Crippen LogP contribution < -0.4 is 11.1 Å². The zero-order valence-electron chi connectivity index (χ0n) is 14.1. The van der Waals surface area contributed by atoms with Gasteiger partial charge in [-0.2, -0.15) is 0 Å². The monoisotopic (exact) mass is 317 g/mol. The second kappa shape index (κ2) is 7.99. The highest BCUT2D eigenvalue weighted by Crippen LogP contribution is 2.19. The van der Waals surface area contributed by atoms with Crippen LogP contribution in [0.5, 0.6) is 0 Å². The zero-order chi connectivity index (χ0) is 16.8. The number of hydrogen-bond donors (Lipinski definition) is 2. The Morgan fingerprint density at radius 2 is 2.09 bits per heavy atom. The Kier molecular flexibility index (Phi) is 6.02. The largest absolute Gasteiger partial charge is 0.352 e. The van der Waals surface area contributed by atoms with E-state index >= 15 is 0 Å². The summed E-state index contributed by atoms with van der Waals surface area (Å²) < 4.78 is 0. The van der Waals surface area contributed by atoms with Gasteiger partial charge in [0.2, 0.25) is 5.91 Å². The molecular weight excluding hydrogens is 290 g/mol. The summed E-state index contributed by atoms with van der Waals surface area (Å²) in [6.07, 6.45) is 4.32. The molecule has 1 saturated heterocycles. The van der Waals surface area contributed by atoms with E-state index < -0.39 is 6.03 Å². The topological polar surface area (TPSA) is 75.4 Å². The van der Waals surface area contributed by atoms with Crippen molar-refractivity contribution in [2.24, 2.45) is 5.73 Å². The van der Waals surface area contributed by atoms with Crippen LogP contribution >= 0.6 is 0 Å². The fourth-order valence-electron chi connectivity index (χ4n) is 3.27. The standard InChI is InChI=1S/C18H27N3O2/c1-13-6-7-15(14(2)11-13)8-9-17(22)21-10-4-3-5-16(21)12-20-18(19)23/h6-7,11,16H,3-5,8-10,12H2,1-2H3,(H3,19,20,23)/t16-/m0/s1. The molecule has 1 aromatic carbocycles. The molecule has 1 heterocycles.